The number of hydrogen-bond acceptors (Lipinski definition) is 5. The highest BCUT2D eigenvalue weighted by Gasteiger charge is 2.21. The monoisotopic (exact) mass is 407 g/mol. The predicted molar refractivity (Wildman–Crippen MR) is 115 cm³/mol. The average molecular weight is 407 g/mol. The summed E-state index contributed by atoms with van der Waals surface area (Å²) in [5, 5.41) is 10.2. The molecular formula is C23H25N3O4. The van der Waals surface area contributed by atoms with Gasteiger partial charge in [0.25, 0.3) is 11.5 Å². The van der Waals surface area contributed by atoms with Crippen LogP contribution in [-0.2, 0) is 20.7 Å². The Labute approximate surface area is 174 Å². The van der Waals surface area contributed by atoms with Crippen molar-refractivity contribution in [2.75, 3.05) is 5.32 Å². The molecule has 0 saturated heterocycles. The fraction of sp³-hybridized carbons (Fsp3) is 0.304. The largest absolute Gasteiger partial charge is 0.452 e. The molecule has 0 radical (unpaired) electrons. The molecule has 3 rings (SSSR count). The lowest BCUT2D eigenvalue weighted by Gasteiger charge is -2.18. The van der Waals surface area contributed by atoms with Gasteiger partial charge in [-0.3, -0.25) is 14.4 Å². The van der Waals surface area contributed by atoms with Crippen molar-refractivity contribution < 1.29 is 14.3 Å². The van der Waals surface area contributed by atoms with Crippen LogP contribution in [0.25, 0.3) is 10.8 Å². The minimum absolute atomic E-state index is 0.154. The molecule has 156 valence electrons. The summed E-state index contributed by atoms with van der Waals surface area (Å²) in [6, 6.07) is 14.5. The molecule has 2 N–H and O–H groups in total. The van der Waals surface area contributed by atoms with Gasteiger partial charge < -0.3 is 10.1 Å². The summed E-state index contributed by atoms with van der Waals surface area (Å²) in [6.45, 7) is 5.70. The van der Waals surface area contributed by atoms with E-state index in [1.165, 1.54) is 6.92 Å². The second-order valence-electron chi connectivity index (χ2n) is 7.24. The first-order valence-corrected chi connectivity index (χ1v) is 9.96. The second-order valence-corrected chi connectivity index (χ2v) is 7.24. The number of hydrogen-bond donors (Lipinski definition) is 2. The number of esters is 1. The number of para-hydroxylation sites is 1. The molecule has 0 aliphatic rings. The zero-order chi connectivity index (χ0) is 21.7. The van der Waals surface area contributed by atoms with Gasteiger partial charge in [-0.1, -0.05) is 50.2 Å². The van der Waals surface area contributed by atoms with Crippen molar-refractivity contribution in [1.29, 1.82) is 0 Å². The van der Waals surface area contributed by atoms with Gasteiger partial charge in [-0.05, 0) is 37.0 Å². The van der Waals surface area contributed by atoms with Crippen molar-refractivity contribution in [3.8, 4) is 0 Å². The predicted octanol–water partition coefficient (Wildman–Crippen LogP) is 3.55. The molecule has 1 aromatic heterocycles. The number of aromatic amines is 1. The highest BCUT2D eigenvalue weighted by molar-refractivity contribution is 5.96. The molecule has 3 aromatic rings. The molecule has 1 amide bonds. The van der Waals surface area contributed by atoms with Gasteiger partial charge in [0, 0.05) is 11.1 Å². The highest BCUT2D eigenvalue weighted by atomic mass is 16.5. The number of amides is 1. The number of ether oxygens (including phenoxy) is 1. The van der Waals surface area contributed by atoms with Gasteiger partial charge in [0.1, 0.15) is 0 Å². The van der Waals surface area contributed by atoms with Crippen LogP contribution in [0.5, 0.6) is 0 Å². The van der Waals surface area contributed by atoms with Gasteiger partial charge in [0.05, 0.1) is 17.5 Å². The van der Waals surface area contributed by atoms with Gasteiger partial charge in [-0.15, -0.1) is 0 Å². The fourth-order valence-electron chi connectivity index (χ4n) is 3.23. The van der Waals surface area contributed by atoms with Crippen LogP contribution in [0.4, 0.5) is 5.69 Å². The third-order valence-corrected chi connectivity index (χ3v) is 5.13. The van der Waals surface area contributed by atoms with Crippen LogP contribution in [-0.4, -0.2) is 28.2 Å². The van der Waals surface area contributed by atoms with E-state index in [0.717, 1.165) is 12.0 Å². The van der Waals surface area contributed by atoms with Gasteiger partial charge in [0.2, 0.25) is 0 Å². The number of aromatic nitrogens is 2. The number of benzene rings is 2. The zero-order valence-electron chi connectivity index (χ0n) is 17.3. The van der Waals surface area contributed by atoms with E-state index in [1.54, 1.807) is 24.3 Å². The van der Waals surface area contributed by atoms with Crippen molar-refractivity contribution in [2.24, 2.45) is 0 Å². The standard InChI is InChI=1S/C23H25N3O4/c1-4-14(2)16-9-7-8-12-19(16)24-22(28)15(3)30-21(27)13-20-17-10-5-6-11-18(17)23(29)26-25-20/h5-12,14-15H,4,13H2,1-3H3,(H,24,28)(H,26,29)/t14-,15+/m1/s1. The average Bonchev–Trinajstić information content (AvgIpc) is 2.75. The van der Waals surface area contributed by atoms with Gasteiger partial charge in [-0.2, -0.15) is 5.10 Å². The highest BCUT2D eigenvalue weighted by Crippen LogP contribution is 2.26. The van der Waals surface area contributed by atoms with Crippen LogP contribution in [0.2, 0.25) is 0 Å². The molecule has 7 heteroatoms. The van der Waals surface area contributed by atoms with Gasteiger partial charge in [-0.25, -0.2) is 5.10 Å². The minimum Gasteiger partial charge on any atom is -0.452 e. The maximum Gasteiger partial charge on any atom is 0.312 e. The first kappa shape index (κ1) is 21.2. The molecule has 0 unspecified atom stereocenters. The Hall–Kier alpha value is -3.48. The lowest BCUT2D eigenvalue weighted by molar-refractivity contribution is -0.152. The van der Waals surface area contributed by atoms with E-state index in [2.05, 4.69) is 29.4 Å². The summed E-state index contributed by atoms with van der Waals surface area (Å²) in [5.74, 6) is -0.713. The molecule has 0 spiro atoms. The Bertz CT molecular complexity index is 1120. The normalized spacial score (nSPS) is 12.9. The van der Waals surface area contributed by atoms with Crippen molar-refractivity contribution in [2.45, 2.75) is 45.6 Å². The van der Waals surface area contributed by atoms with Crippen LogP contribution in [0.3, 0.4) is 0 Å². The number of nitrogens with zero attached hydrogens (tertiary/aromatic N) is 1. The van der Waals surface area contributed by atoms with E-state index >= 15 is 0 Å². The molecule has 30 heavy (non-hydrogen) atoms. The van der Waals surface area contributed by atoms with Crippen molar-refractivity contribution in [3.63, 3.8) is 0 Å². The topological polar surface area (TPSA) is 101 Å². The maximum absolute atomic E-state index is 12.6. The molecule has 0 fully saturated rings. The summed E-state index contributed by atoms with van der Waals surface area (Å²) in [4.78, 5) is 36.8. The van der Waals surface area contributed by atoms with Crippen LogP contribution in [0.1, 0.15) is 44.4 Å². The third kappa shape index (κ3) is 4.74. The maximum atomic E-state index is 12.6. The minimum atomic E-state index is -0.975. The Balaban J connectivity index is 1.68. The van der Waals surface area contributed by atoms with Crippen LogP contribution >= 0.6 is 0 Å². The lowest BCUT2D eigenvalue weighted by Crippen LogP contribution is -2.31. The number of carbonyl (C=O) groups excluding carboxylic acids is 2. The summed E-state index contributed by atoms with van der Waals surface area (Å²) < 4.78 is 5.31. The number of nitrogens with one attached hydrogen (secondary N) is 2. The molecule has 1 heterocycles. The quantitative estimate of drug-likeness (QED) is 0.583. The molecule has 7 nitrogen and oxygen atoms in total. The van der Waals surface area contributed by atoms with Crippen LogP contribution in [0.15, 0.2) is 53.3 Å². The van der Waals surface area contributed by atoms with Crippen molar-refractivity contribution in [1.82, 2.24) is 10.2 Å². The van der Waals surface area contributed by atoms with E-state index < -0.39 is 18.0 Å². The summed E-state index contributed by atoms with van der Waals surface area (Å²) >= 11 is 0. The lowest BCUT2D eigenvalue weighted by atomic mass is 9.97. The molecule has 0 saturated carbocycles. The van der Waals surface area contributed by atoms with Crippen molar-refractivity contribution in [3.05, 3.63) is 70.1 Å². The number of fused-ring (bicyclic) bond motifs is 1. The smallest absolute Gasteiger partial charge is 0.312 e. The number of anilines is 1. The number of rotatable bonds is 7. The van der Waals surface area contributed by atoms with E-state index in [-0.39, 0.29) is 12.0 Å². The Morgan fingerprint density at radius 2 is 1.73 bits per heavy atom. The zero-order valence-corrected chi connectivity index (χ0v) is 17.3. The molecule has 2 aromatic carbocycles. The SMILES string of the molecule is CC[C@@H](C)c1ccccc1NC(=O)[C@H](C)OC(=O)Cc1n[nH]c(=O)c2ccccc12. The Morgan fingerprint density at radius 1 is 1.07 bits per heavy atom. The van der Waals surface area contributed by atoms with E-state index in [9.17, 15) is 14.4 Å². The molecule has 0 aliphatic carbocycles. The summed E-state index contributed by atoms with van der Waals surface area (Å²) in [6.07, 6.45) is -0.188. The Morgan fingerprint density at radius 3 is 2.47 bits per heavy atom. The molecule has 0 aliphatic heterocycles. The van der Waals surface area contributed by atoms with E-state index in [1.807, 2.05) is 24.3 Å². The Kier molecular flexibility index (Phi) is 6.61. The number of H-pyrrole nitrogens is 1. The molecule has 2 atom stereocenters. The second kappa shape index (κ2) is 9.35. The first-order chi connectivity index (χ1) is 14.4. The summed E-state index contributed by atoms with van der Waals surface area (Å²) in [5.41, 5.74) is 1.82. The first-order valence-electron chi connectivity index (χ1n) is 9.96. The van der Waals surface area contributed by atoms with E-state index in [4.69, 9.17) is 4.74 Å². The third-order valence-electron chi connectivity index (χ3n) is 5.13. The summed E-state index contributed by atoms with van der Waals surface area (Å²) in [7, 11) is 0. The fourth-order valence-corrected chi connectivity index (χ4v) is 3.23. The van der Waals surface area contributed by atoms with Crippen LogP contribution < -0.4 is 10.9 Å². The van der Waals surface area contributed by atoms with Gasteiger partial charge in [0.15, 0.2) is 6.10 Å². The van der Waals surface area contributed by atoms with Gasteiger partial charge >= 0.3 is 5.97 Å². The van der Waals surface area contributed by atoms with Crippen molar-refractivity contribution >= 4 is 28.3 Å². The molecule has 0 bridgehead atoms. The van der Waals surface area contributed by atoms with E-state index in [0.29, 0.717) is 28.1 Å². The number of carbonyl (C=O) groups is 2. The van der Waals surface area contributed by atoms with Crippen LogP contribution in [0, 0.1) is 0 Å². The molecular weight excluding hydrogens is 382 g/mol.